The predicted molar refractivity (Wildman–Crippen MR) is 72.2 cm³/mol. The molecule has 90 valence electrons. The lowest BCUT2D eigenvalue weighted by Crippen LogP contribution is -2.35. The van der Waals surface area contributed by atoms with Crippen molar-refractivity contribution in [2.75, 3.05) is 30.5 Å². The van der Waals surface area contributed by atoms with E-state index in [2.05, 4.69) is 23.6 Å². The molecule has 1 aliphatic rings. The Morgan fingerprint density at radius 3 is 2.60 bits per heavy atom. The second kappa shape index (κ2) is 8.72. The van der Waals surface area contributed by atoms with Crippen LogP contribution in [-0.4, -0.2) is 41.4 Å². The van der Waals surface area contributed by atoms with Gasteiger partial charge in [-0.05, 0) is 37.3 Å². The van der Waals surface area contributed by atoms with Crippen LogP contribution in [0, 0.1) is 0 Å². The maximum Gasteiger partial charge on any atom is 0.0351 e. The molecule has 0 aromatic carbocycles. The molecule has 1 aliphatic carbocycles. The SMILES string of the molecule is CCSCCCN(CCCl)C1CCCC1. The van der Waals surface area contributed by atoms with Crippen molar-refractivity contribution >= 4 is 23.4 Å². The molecule has 0 amide bonds. The topological polar surface area (TPSA) is 3.24 Å². The standard InChI is InChI=1S/C12H24ClNS/c1-2-15-11-5-9-14(10-8-13)12-6-3-4-7-12/h12H,2-11H2,1H3. The first kappa shape index (κ1) is 13.7. The molecule has 1 saturated carbocycles. The third-order valence-corrected chi connectivity index (χ3v) is 4.31. The van der Waals surface area contributed by atoms with Gasteiger partial charge in [0.2, 0.25) is 0 Å². The molecule has 0 atom stereocenters. The first-order chi connectivity index (χ1) is 7.38. The van der Waals surface area contributed by atoms with Crippen molar-refractivity contribution in [1.82, 2.24) is 4.90 Å². The Bertz CT molecular complexity index is 149. The highest BCUT2D eigenvalue weighted by Gasteiger charge is 2.21. The smallest absolute Gasteiger partial charge is 0.0351 e. The van der Waals surface area contributed by atoms with Gasteiger partial charge in [-0.3, -0.25) is 4.90 Å². The van der Waals surface area contributed by atoms with E-state index in [-0.39, 0.29) is 0 Å². The van der Waals surface area contributed by atoms with Crippen molar-refractivity contribution in [2.24, 2.45) is 0 Å². The summed E-state index contributed by atoms with van der Waals surface area (Å²) in [7, 11) is 0. The summed E-state index contributed by atoms with van der Waals surface area (Å²) in [5.74, 6) is 3.35. The zero-order chi connectivity index (χ0) is 10.9. The minimum absolute atomic E-state index is 0.789. The van der Waals surface area contributed by atoms with Gasteiger partial charge in [0.25, 0.3) is 0 Å². The quantitative estimate of drug-likeness (QED) is 0.478. The van der Waals surface area contributed by atoms with Crippen molar-refractivity contribution < 1.29 is 0 Å². The number of thioether (sulfide) groups is 1. The lowest BCUT2D eigenvalue weighted by molar-refractivity contribution is 0.211. The van der Waals surface area contributed by atoms with E-state index in [1.807, 2.05) is 0 Å². The molecule has 0 spiro atoms. The largest absolute Gasteiger partial charge is 0.299 e. The van der Waals surface area contributed by atoms with Gasteiger partial charge in [0.15, 0.2) is 0 Å². The molecule has 1 fully saturated rings. The lowest BCUT2D eigenvalue weighted by Gasteiger charge is -2.27. The summed E-state index contributed by atoms with van der Waals surface area (Å²) in [6.07, 6.45) is 6.97. The summed E-state index contributed by atoms with van der Waals surface area (Å²) >= 11 is 7.92. The Morgan fingerprint density at radius 1 is 1.27 bits per heavy atom. The molecule has 0 aromatic rings. The van der Waals surface area contributed by atoms with E-state index < -0.39 is 0 Å². The fourth-order valence-corrected chi connectivity index (χ4v) is 3.21. The van der Waals surface area contributed by atoms with Crippen molar-refractivity contribution in [3.63, 3.8) is 0 Å². The monoisotopic (exact) mass is 249 g/mol. The molecule has 0 aromatic heterocycles. The molecule has 0 saturated heterocycles. The molecule has 0 radical (unpaired) electrons. The van der Waals surface area contributed by atoms with Crippen LogP contribution >= 0.6 is 23.4 Å². The van der Waals surface area contributed by atoms with Crippen LogP contribution in [-0.2, 0) is 0 Å². The van der Waals surface area contributed by atoms with E-state index in [1.54, 1.807) is 0 Å². The van der Waals surface area contributed by atoms with E-state index >= 15 is 0 Å². The molecule has 15 heavy (non-hydrogen) atoms. The van der Waals surface area contributed by atoms with Crippen LogP contribution < -0.4 is 0 Å². The summed E-state index contributed by atoms with van der Waals surface area (Å²) in [5, 5.41) is 0. The maximum absolute atomic E-state index is 5.87. The van der Waals surface area contributed by atoms with Gasteiger partial charge in [-0.25, -0.2) is 0 Å². The van der Waals surface area contributed by atoms with E-state index in [9.17, 15) is 0 Å². The van der Waals surface area contributed by atoms with Crippen LogP contribution in [0.15, 0.2) is 0 Å². The normalized spacial score (nSPS) is 17.8. The van der Waals surface area contributed by atoms with Crippen LogP contribution in [0.1, 0.15) is 39.0 Å². The minimum Gasteiger partial charge on any atom is -0.299 e. The van der Waals surface area contributed by atoms with Crippen molar-refractivity contribution in [2.45, 2.75) is 45.1 Å². The van der Waals surface area contributed by atoms with Gasteiger partial charge in [-0.15, -0.1) is 11.6 Å². The van der Waals surface area contributed by atoms with Crippen LogP contribution in [0.5, 0.6) is 0 Å². The van der Waals surface area contributed by atoms with Crippen molar-refractivity contribution in [3.05, 3.63) is 0 Å². The summed E-state index contributed by atoms with van der Waals surface area (Å²) in [6.45, 7) is 4.57. The van der Waals surface area contributed by atoms with Gasteiger partial charge in [0.05, 0.1) is 0 Å². The average molecular weight is 250 g/mol. The number of hydrogen-bond donors (Lipinski definition) is 0. The summed E-state index contributed by atoms with van der Waals surface area (Å²) in [6, 6.07) is 0.843. The first-order valence-corrected chi connectivity index (χ1v) is 7.95. The number of rotatable bonds is 8. The Morgan fingerprint density at radius 2 is 2.00 bits per heavy atom. The molecule has 0 unspecified atom stereocenters. The highest BCUT2D eigenvalue weighted by atomic mass is 35.5. The highest BCUT2D eigenvalue weighted by Crippen LogP contribution is 2.23. The van der Waals surface area contributed by atoms with Crippen molar-refractivity contribution in [1.29, 1.82) is 0 Å². The van der Waals surface area contributed by atoms with Crippen LogP contribution in [0.25, 0.3) is 0 Å². The van der Waals surface area contributed by atoms with E-state index in [0.29, 0.717) is 0 Å². The van der Waals surface area contributed by atoms with Crippen LogP contribution in [0.4, 0.5) is 0 Å². The average Bonchev–Trinajstić information content (AvgIpc) is 2.76. The molecular formula is C12H24ClNS. The summed E-state index contributed by atoms with van der Waals surface area (Å²) in [4.78, 5) is 2.62. The van der Waals surface area contributed by atoms with E-state index in [1.165, 1.54) is 50.2 Å². The van der Waals surface area contributed by atoms with Crippen LogP contribution in [0.3, 0.4) is 0 Å². The molecule has 0 heterocycles. The Labute approximate surface area is 104 Å². The highest BCUT2D eigenvalue weighted by molar-refractivity contribution is 7.99. The Balaban J connectivity index is 2.17. The number of alkyl halides is 1. The zero-order valence-electron chi connectivity index (χ0n) is 9.88. The number of hydrogen-bond acceptors (Lipinski definition) is 2. The van der Waals surface area contributed by atoms with Gasteiger partial charge >= 0.3 is 0 Å². The van der Waals surface area contributed by atoms with Crippen LogP contribution in [0.2, 0.25) is 0 Å². The van der Waals surface area contributed by atoms with E-state index in [0.717, 1.165) is 18.5 Å². The summed E-state index contributed by atoms with van der Waals surface area (Å²) in [5.41, 5.74) is 0. The van der Waals surface area contributed by atoms with Gasteiger partial charge in [-0.2, -0.15) is 11.8 Å². The maximum atomic E-state index is 5.87. The minimum atomic E-state index is 0.789. The Kier molecular flexibility index (Phi) is 7.94. The van der Waals surface area contributed by atoms with Gasteiger partial charge < -0.3 is 0 Å². The van der Waals surface area contributed by atoms with Gasteiger partial charge in [0, 0.05) is 18.5 Å². The van der Waals surface area contributed by atoms with Crippen molar-refractivity contribution in [3.8, 4) is 0 Å². The molecule has 3 heteroatoms. The molecule has 0 bridgehead atoms. The predicted octanol–water partition coefficient (Wildman–Crippen LogP) is 3.61. The van der Waals surface area contributed by atoms with E-state index in [4.69, 9.17) is 11.6 Å². The number of halogens is 1. The van der Waals surface area contributed by atoms with Gasteiger partial charge in [-0.1, -0.05) is 19.8 Å². The molecule has 1 nitrogen and oxygen atoms in total. The third kappa shape index (κ3) is 5.46. The fraction of sp³-hybridized carbons (Fsp3) is 1.00. The third-order valence-electron chi connectivity index (χ3n) is 3.15. The second-order valence-corrected chi connectivity index (χ2v) is 5.99. The zero-order valence-corrected chi connectivity index (χ0v) is 11.5. The second-order valence-electron chi connectivity index (χ2n) is 4.21. The summed E-state index contributed by atoms with van der Waals surface area (Å²) < 4.78 is 0. The number of nitrogens with zero attached hydrogens (tertiary/aromatic N) is 1. The Hall–Kier alpha value is 0.600. The fourth-order valence-electron chi connectivity index (χ4n) is 2.37. The molecule has 0 aliphatic heterocycles. The molecule has 0 N–H and O–H groups in total. The lowest BCUT2D eigenvalue weighted by atomic mass is 10.2. The van der Waals surface area contributed by atoms with Gasteiger partial charge in [0.1, 0.15) is 0 Å². The molecule has 1 rings (SSSR count). The first-order valence-electron chi connectivity index (χ1n) is 6.26. The molecular weight excluding hydrogens is 226 g/mol.